The SMILES string of the molecule is CCC[C@H]1C(=O)C[C@H](c2ccccc2)[NH2+][C@@H]1c1ccccc1. The second-order valence-corrected chi connectivity index (χ2v) is 6.21. The number of Topliss-reactive ketones (excluding diaryl/α,β-unsaturated/α-hetero) is 1. The maximum atomic E-state index is 12.7. The number of carbonyl (C=O) groups excluding carboxylic acids is 1. The molecule has 0 unspecified atom stereocenters. The summed E-state index contributed by atoms with van der Waals surface area (Å²) >= 11 is 0. The third kappa shape index (κ3) is 3.12. The topological polar surface area (TPSA) is 33.7 Å². The predicted molar refractivity (Wildman–Crippen MR) is 88.3 cm³/mol. The first-order valence-electron chi connectivity index (χ1n) is 8.27. The van der Waals surface area contributed by atoms with E-state index in [4.69, 9.17) is 0 Å². The fourth-order valence-electron chi connectivity index (χ4n) is 3.62. The van der Waals surface area contributed by atoms with E-state index >= 15 is 0 Å². The fraction of sp³-hybridized carbons (Fsp3) is 0.350. The molecule has 2 aromatic rings. The van der Waals surface area contributed by atoms with Crippen LogP contribution in [0.15, 0.2) is 60.7 Å². The van der Waals surface area contributed by atoms with Gasteiger partial charge >= 0.3 is 0 Å². The van der Waals surface area contributed by atoms with E-state index < -0.39 is 0 Å². The molecule has 1 fully saturated rings. The molecule has 1 saturated heterocycles. The standard InChI is InChI=1S/C20H23NO/c1-2-9-17-19(22)14-18(15-10-5-3-6-11-15)21-20(17)16-12-7-4-8-13-16/h3-8,10-13,17-18,20-21H,2,9,14H2,1H3/p+1/t17-,18+,20+/m0/s1. The van der Waals surface area contributed by atoms with Gasteiger partial charge in [-0.25, -0.2) is 0 Å². The number of rotatable bonds is 4. The summed E-state index contributed by atoms with van der Waals surface area (Å²) in [6.07, 6.45) is 2.69. The third-order valence-electron chi connectivity index (χ3n) is 4.72. The van der Waals surface area contributed by atoms with Gasteiger partial charge in [0.15, 0.2) is 0 Å². The second-order valence-electron chi connectivity index (χ2n) is 6.21. The average Bonchev–Trinajstić information content (AvgIpc) is 2.58. The number of ketones is 1. The Morgan fingerprint density at radius 3 is 2.14 bits per heavy atom. The summed E-state index contributed by atoms with van der Waals surface area (Å²) in [7, 11) is 0. The molecule has 114 valence electrons. The highest BCUT2D eigenvalue weighted by molar-refractivity contribution is 5.82. The van der Waals surface area contributed by atoms with Crippen molar-refractivity contribution in [1.82, 2.24) is 0 Å². The zero-order valence-electron chi connectivity index (χ0n) is 13.1. The largest absolute Gasteiger partial charge is 0.333 e. The molecule has 2 heteroatoms. The molecule has 0 aromatic heterocycles. The minimum atomic E-state index is 0.146. The maximum Gasteiger partial charge on any atom is 0.148 e. The normalized spacial score (nSPS) is 25.1. The van der Waals surface area contributed by atoms with Gasteiger partial charge in [0.05, 0.1) is 12.3 Å². The van der Waals surface area contributed by atoms with Crippen LogP contribution in [0.5, 0.6) is 0 Å². The summed E-state index contributed by atoms with van der Waals surface area (Å²) in [6, 6.07) is 21.4. The van der Waals surface area contributed by atoms with Crippen molar-refractivity contribution in [2.45, 2.75) is 38.3 Å². The lowest BCUT2D eigenvalue weighted by Gasteiger charge is -2.33. The van der Waals surface area contributed by atoms with Crippen molar-refractivity contribution in [3.8, 4) is 0 Å². The molecule has 3 atom stereocenters. The Kier molecular flexibility index (Phi) is 4.69. The number of hydrogen-bond donors (Lipinski definition) is 1. The Labute approximate surface area is 132 Å². The van der Waals surface area contributed by atoms with Crippen molar-refractivity contribution in [3.05, 3.63) is 71.8 Å². The molecule has 0 aliphatic carbocycles. The average molecular weight is 294 g/mol. The maximum absolute atomic E-state index is 12.7. The fourth-order valence-corrected chi connectivity index (χ4v) is 3.62. The monoisotopic (exact) mass is 294 g/mol. The van der Waals surface area contributed by atoms with E-state index in [1.807, 2.05) is 12.1 Å². The van der Waals surface area contributed by atoms with Crippen LogP contribution >= 0.6 is 0 Å². The summed E-state index contributed by atoms with van der Waals surface area (Å²) in [5.41, 5.74) is 2.53. The molecule has 22 heavy (non-hydrogen) atoms. The molecule has 3 rings (SSSR count). The van der Waals surface area contributed by atoms with Crippen molar-refractivity contribution in [1.29, 1.82) is 0 Å². The molecule has 0 amide bonds. The number of piperidine rings is 1. The van der Waals surface area contributed by atoms with E-state index in [1.54, 1.807) is 0 Å². The zero-order chi connectivity index (χ0) is 15.4. The van der Waals surface area contributed by atoms with Crippen LogP contribution in [0.4, 0.5) is 0 Å². The van der Waals surface area contributed by atoms with Crippen LogP contribution in [0, 0.1) is 5.92 Å². The van der Waals surface area contributed by atoms with E-state index in [0.717, 1.165) is 12.8 Å². The van der Waals surface area contributed by atoms with E-state index in [1.165, 1.54) is 11.1 Å². The van der Waals surface area contributed by atoms with E-state index in [2.05, 4.69) is 60.8 Å². The summed E-state index contributed by atoms with van der Waals surface area (Å²) in [5, 5.41) is 2.41. The quantitative estimate of drug-likeness (QED) is 0.921. The summed E-state index contributed by atoms with van der Waals surface area (Å²) in [4.78, 5) is 12.7. The van der Waals surface area contributed by atoms with Gasteiger partial charge in [0.25, 0.3) is 0 Å². The third-order valence-corrected chi connectivity index (χ3v) is 4.72. The molecule has 0 saturated carbocycles. The lowest BCUT2D eigenvalue weighted by Crippen LogP contribution is -2.90. The highest BCUT2D eigenvalue weighted by atomic mass is 16.1. The van der Waals surface area contributed by atoms with Gasteiger partial charge in [-0.05, 0) is 6.42 Å². The van der Waals surface area contributed by atoms with Crippen LogP contribution in [0.3, 0.4) is 0 Å². The van der Waals surface area contributed by atoms with Crippen LogP contribution in [0.2, 0.25) is 0 Å². The van der Waals surface area contributed by atoms with Gasteiger partial charge in [-0.3, -0.25) is 4.79 Å². The van der Waals surface area contributed by atoms with Crippen molar-refractivity contribution in [2.24, 2.45) is 5.92 Å². The van der Waals surface area contributed by atoms with E-state index in [0.29, 0.717) is 12.2 Å². The van der Waals surface area contributed by atoms with Gasteiger partial charge in [-0.2, -0.15) is 0 Å². The van der Waals surface area contributed by atoms with Gasteiger partial charge in [-0.15, -0.1) is 0 Å². The number of benzene rings is 2. The molecule has 2 N–H and O–H groups in total. The van der Waals surface area contributed by atoms with Crippen molar-refractivity contribution >= 4 is 5.78 Å². The van der Waals surface area contributed by atoms with Crippen LogP contribution in [-0.2, 0) is 4.79 Å². The Hall–Kier alpha value is -1.93. The molecule has 2 aromatic carbocycles. The van der Waals surface area contributed by atoms with Gasteiger partial charge in [0.1, 0.15) is 17.9 Å². The second kappa shape index (κ2) is 6.89. The van der Waals surface area contributed by atoms with Crippen molar-refractivity contribution < 1.29 is 10.1 Å². The number of quaternary nitrogens is 1. The lowest BCUT2D eigenvalue weighted by atomic mass is 9.79. The molecule has 2 nitrogen and oxygen atoms in total. The Morgan fingerprint density at radius 1 is 0.955 bits per heavy atom. The number of carbonyl (C=O) groups is 1. The molecule has 1 aliphatic rings. The number of nitrogens with two attached hydrogens (primary N) is 1. The van der Waals surface area contributed by atoms with Gasteiger partial charge < -0.3 is 5.32 Å². The summed E-state index contributed by atoms with van der Waals surface area (Å²) in [6.45, 7) is 2.17. The molecular weight excluding hydrogens is 270 g/mol. The molecule has 0 bridgehead atoms. The molecule has 0 spiro atoms. The van der Waals surface area contributed by atoms with Crippen LogP contribution < -0.4 is 5.32 Å². The smallest absolute Gasteiger partial charge is 0.148 e. The highest BCUT2D eigenvalue weighted by Gasteiger charge is 2.40. The van der Waals surface area contributed by atoms with Crippen molar-refractivity contribution in [3.63, 3.8) is 0 Å². The van der Waals surface area contributed by atoms with Crippen LogP contribution in [-0.4, -0.2) is 5.78 Å². The zero-order valence-corrected chi connectivity index (χ0v) is 13.1. The minimum absolute atomic E-state index is 0.146. The Morgan fingerprint density at radius 2 is 1.55 bits per heavy atom. The van der Waals surface area contributed by atoms with Crippen LogP contribution in [0.1, 0.15) is 49.4 Å². The summed E-state index contributed by atoms with van der Waals surface area (Å²) < 4.78 is 0. The Balaban J connectivity index is 1.90. The summed E-state index contributed by atoms with van der Waals surface area (Å²) in [5.74, 6) is 0.569. The molecule has 1 aliphatic heterocycles. The highest BCUT2D eigenvalue weighted by Crippen LogP contribution is 2.31. The molecule has 0 radical (unpaired) electrons. The first-order valence-corrected chi connectivity index (χ1v) is 8.27. The van der Waals surface area contributed by atoms with Gasteiger partial charge in [-0.1, -0.05) is 74.0 Å². The first kappa shape index (κ1) is 15.0. The molecule has 1 heterocycles. The number of hydrogen-bond acceptors (Lipinski definition) is 1. The van der Waals surface area contributed by atoms with Gasteiger partial charge in [0.2, 0.25) is 0 Å². The predicted octanol–water partition coefficient (Wildman–Crippen LogP) is 3.42. The Bertz CT molecular complexity index is 608. The minimum Gasteiger partial charge on any atom is -0.333 e. The van der Waals surface area contributed by atoms with Crippen LogP contribution in [0.25, 0.3) is 0 Å². The van der Waals surface area contributed by atoms with Crippen molar-refractivity contribution in [2.75, 3.05) is 0 Å². The van der Waals surface area contributed by atoms with E-state index in [9.17, 15) is 4.79 Å². The first-order chi connectivity index (χ1) is 10.8. The molecular formula is C20H24NO+. The van der Waals surface area contributed by atoms with Gasteiger partial charge in [0, 0.05) is 11.1 Å². The van der Waals surface area contributed by atoms with E-state index in [-0.39, 0.29) is 18.0 Å². The lowest BCUT2D eigenvalue weighted by molar-refractivity contribution is -0.743.